The van der Waals surface area contributed by atoms with Gasteiger partial charge in [0.25, 0.3) is 0 Å². The Morgan fingerprint density at radius 1 is 1.62 bits per heavy atom. The number of nitrogens with two attached hydrogens (primary N) is 1. The van der Waals surface area contributed by atoms with E-state index in [9.17, 15) is 4.79 Å². The van der Waals surface area contributed by atoms with Crippen molar-refractivity contribution in [1.29, 1.82) is 0 Å². The normalized spacial score (nSPS) is 10.1. The second-order valence-corrected chi connectivity index (χ2v) is 3.29. The first-order valence-corrected chi connectivity index (χ1v) is 5.32. The highest BCUT2D eigenvalue weighted by Crippen LogP contribution is 2.13. The molecule has 0 saturated carbocycles. The van der Waals surface area contributed by atoms with Crippen LogP contribution in [0.15, 0.2) is 18.3 Å². The molecule has 1 heterocycles. The Kier molecular flexibility index (Phi) is 5.28. The molecular formula is C11H17N3O2. The summed E-state index contributed by atoms with van der Waals surface area (Å²) in [6.07, 6.45) is 2.70. The number of hydrogen-bond donors (Lipinski definition) is 2. The number of nitrogens with zero attached hydrogens (tertiary/aromatic N) is 1. The predicted octanol–water partition coefficient (Wildman–Crippen LogP) is 1.42. The van der Waals surface area contributed by atoms with Crippen molar-refractivity contribution in [2.75, 3.05) is 24.3 Å². The van der Waals surface area contributed by atoms with E-state index in [1.54, 1.807) is 18.3 Å². The van der Waals surface area contributed by atoms with Gasteiger partial charge in [0.1, 0.15) is 0 Å². The van der Waals surface area contributed by atoms with Gasteiger partial charge < -0.3 is 15.8 Å². The monoisotopic (exact) mass is 223 g/mol. The Morgan fingerprint density at radius 3 is 3.12 bits per heavy atom. The molecule has 0 aliphatic heterocycles. The summed E-state index contributed by atoms with van der Waals surface area (Å²) in [5.74, 6) is 0.328. The largest absolute Gasteiger partial charge is 0.396 e. The van der Waals surface area contributed by atoms with Crippen LogP contribution in [0.3, 0.4) is 0 Å². The van der Waals surface area contributed by atoms with Crippen LogP contribution in [-0.4, -0.2) is 24.1 Å². The maximum absolute atomic E-state index is 11.5. The standard InChI is InChI=1S/C11H17N3O2/c1-2-16-8-4-6-10(15)14-11-9(12)5-3-7-13-11/h3,5,7H,2,4,6,8,12H2,1H3,(H,13,14,15). The quantitative estimate of drug-likeness (QED) is 0.715. The fourth-order valence-corrected chi connectivity index (χ4v) is 1.20. The van der Waals surface area contributed by atoms with Crippen LogP contribution in [-0.2, 0) is 9.53 Å². The number of amides is 1. The average Bonchev–Trinajstić information content (AvgIpc) is 2.28. The van der Waals surface area contributed by atoms with Crippen LogP contribution < -0.4 is 11.1 Å². The van der Waals surface area contributed by atoms with Gasteiger partial charge in [-0.25, -0.2) is 4.98 Å². The highest BCUT2D eigenvalue weighted by atomic mass is 16.5. The number of nitrogen functional groups attached to an aromatic ring is 1. The van der Waals surface area contributed by atoms with E-state index >= 15 is 0 Å². The van der Waals surface area contributed by atoms with Gasteiger partial charge in [0.15, 0.2) is 5.82 Å². The van der Waals surface area contributed by atoms with Crippen molar-refractivity contribution in [3.8, 4) is 0 Å². The van der Waals surface area contributed by atoms with Crippen molar-refractivity contribution in [3.05, 3.63) is 18.3 Å². The number of nitrogens with one attached hydrogen (secondary N) is 1. The summed E-state index contributed by atoms with van der Waals surface area (Å²) >= 11 is 0. The molecule has 1 amide bonds. The lowest BCUT2D eigenvalue weighted by molar-refractivity contribution is -0.116. The number of aromatic nitrogens is 1. The topological polar surface area (TPSA) is 77.2 Å². The third kappa shape index (κ3) is 4.27. The molecule has 5 heteroatoms. The van der Waals surface area contributed by atoms with Crippen molar-refractivity contribution < 1.29 is 9.53 Å². The van der Waals surface area contributed by atoms with Crippen molar-refractivity contribution in [3.63, 3.8) is 0 Å². The maximum atomic E-state index is 11.5. The third-order valence-corrected chi connectivity index (χ3v) is 1.99. The van der Waals surface area contributed by atoms with Gasteiger partial charge in [0, 0.05) is 25.8 Å². The number of anilines is 2. The molecule has 0 aliphatic carbocycles. The van der Waals surface area contributed by atoms with Crippen LogP contribution in [0.25, 0.3) is 0 Å². The van der Waals surface area contributed by atoms with Crippen LogP contribution >= 0.6 is 0 Å². The Balaban J connectivity index is 2.32. The Labute approximate surface area is 95.0 Å². The molecule has 0 aliphatic rings. The lowest BCUT2D eigenvalue weighted by atomic mass is 10.3. The van der Waals surface area contributed by atoms with Gasteiger partial charge in [0.2, 0.25) is 5.91 Å². The van der Waals surface area contributed by atoms with Crippen molar-refractivity contribution >= 4 is 17.4 Å². The van der Waals surface area contributed by atoms with Gasteiger partial charge in [-0.05, 0) is 25.5 Å². The lowest BCUT2D eigenvalue weighted by Crippen LogP contribution is -2.14. The molecule has 0 aromatic carbocycles. The van der Waals surface area contributed by atoms with Crippen molar-refractivity contribution in [1.82, 2.24) is 4.98 Å². The maximum Gasteiger partial charge on any atom is 0.225 e. The van der Waals surface area contributed by atoms with E-state index in [1.807, 2.05) is 6.92 Å². The molecule has 0 atom stereocenters. The molecule has 1 aromatic heterocycles. The van der Waals surface area contributed by atoms with Gasteiger partial charge in [-0.15, -0.1) is 0 Å². The van der Waals surface area contributed by atoms with E-state index in [0.29, 0.717) is 37.6 Å². The van der Waals surface area contributed by atoms with Crippen molar-refractivity contribution in [2.24, 2.45) is 0 Å². The van der Waals surface area contributed by atoms with Gasteiger partial charge >= 0.3 is 0 Å². The molecule has 3 N–H and O–H groups in total. The average molecular weight is 223 g/mol. The number of carbonyl (C=O) groups excluding carboxylic acids is 1. The fourth-order valence-electron chi connectivity index (χ4n) is 1.20. The van der Waals surface area contributed by atoms with Crippen molar-refractivity contribution in [2.45, 2.75) is 19.8 Å². The molecule has 1 aromatic rings. The van der Waals surface area contributed by atoms with Crippen LogP contribution in [0.2, 0.25) is 0 Å². The summed E-state index contributed by atoms with van der Waals surface area (Å²) in [5, 5.41) is 2.66. The zero-order valence-electron chi connectivity index (χ0n) is 9.40. The first kappa shape index (κ1) is 12.4. The number of carbonyl (C=O) groups is 1. The summed E-state index contributed by atoms with van der Waals surface area (Å²) in [4.78, 5) is 15.4. The van der Waals surface area contributed by atoms with Crippen LogP contribution in [0, 0.1) is 0 Å². The Bertz CT molecular complexity index is 342. The number of ether oxygens (including phenoxy) is 1. The second kappa shape index (κ2) is 6.79. The van der Waals surface area contributed by atoms with Gasteiger partial charge in [-0.2, -0.15) is 0 Å². The lowest BCUT2D eigenvalue weighted by Gasteiger charge is -2.06. The highest BCUT2D eigenvalue weighted by molar-refractivity contribution is 5.92. The third-order valence-electron chi connectivity index (χ3n) is 1.99. The summed E-state index contributed by atoms with van der Waals surface area (Å²) < 4.78 is 5.14. The minimum absolute atomic E-state index is 0.0925. The number of rotatable bonds is 6. The zero-order valence-corrected chi connectivity index (χ0v) is 9.40. The second-order valence-electron chi connectivity index (χ2n) is 3.29. The Hall–Kier alpha value is -1.62. The van der Waals surface area contributed by atoms with E-state index in [-0.39, 0.29) is 5.91 Å². The molecule has 0 spiro atoms. The summed E-state index contributed by atoms with van der Waals surface area (Å²) in [6, 6.07) is 3.42. The SMILES string of the molecule is CCOCCCC(=O)Nc1ncccc1N. The molecule has 0 radical (unpaired) electrons. The zero-order chi connectivity index (χ0) is 11.8. The summed E-state index contributed by atoms with van der Waals surface area (Å²) in [6.45, 7) is 3.20. The minimum Gasteiger partial charge on any atom is -0.396 e. The predicted molar refractivity (Wildman–Crippen MR) is 63.0 cm³/mol. The molecule has 0 unspecified atom stereocenters. The molecule has 16 heavy (non-hydrogen) atoms. The van der Waals surface area contributed by atoms with E-state index in [2.05, 4.69) is 10.3 Å². The molecule has 0 saturated heterocycles. The van der Waals surface area contributed by atoms with E-state index in [1.165, 1.54) is 0 Å². The van der Waals surface area contributed by atoms with Crippen LogP contribution in [0.4, 0.5) is 11.5 Å². The molecule has 5 nitrogen and oxygen atoms in total. The number of hydrogen-bond acceptors (Lipinski definition) is 4. The first-order valence-electron chi connectivity index (χ1n) is 5.32. The molecule has 0 fully saturated rings. The highest BCUT2D eigenvalue weighted by Gasteiger charge is 2.05. The van der Waals surface area contributed by atoms with Crippen LogP contribution in [0.1, 0.15) is 19.8 Å². The smallest absolute Gasteiger partial charge is 0.225 e. The fraction of sp³-hybridized carbons (Fsp3) is 0.455. The van der Waals surface area contributed by atoms with E-state index in [4.69, 9.17) is 10.5 Å². The molecule has 1 rings (SSSR count). The molecular weight excluding hydrogens is 206 g/mol. The van der Waals surface area contributed by atoms with Gasteiger partial charge in [-0.1, -0.05) is 0 Å². The van der Waals surface area contributed by atoms with Gasteiger partial charge in [0.05, 0.1) is 5.69 Å². The summed E-state index contributed by atoms with van der Waals surface area (Å²) in [5.41, 5.74) is 6.12. The van der Waals surface area contributed by atoms with Crippen LogP contribution in [0.5, 0.6) is 0 Å². The number of pyridine rings is 1. The van der Waals surface area contributed by atoms with E-state index in [0.717, 1.165) is 0 Å². The molecule has 88 valence electrons. The van der Waals surface area contributed by atoms with Gasteiger partial charge in [-0.3, -0.25) is 4.79 Å². The van der Waals surface area contributed by atoms with E-state index < -0.39 is 0 Å². The first-order chi connectivity index (χ1) is 7.74. The molecule has 0 bridgehead atoms. The summed E-state index contributed by atoms with van der Waals surface area (Å²) in [7, 11) is 0. The Morgan fingerprint density at radius 2 is 2.44 bits per heavy atom. The minimum atomic E-state index is -0.0925.